The minimum Gasteiger partial charge on any atom is -0.462 e. The number of Topliss-reactive ketones (excluding diaryl/α,β-unsaturated/α-hetero) is 1. The predicted octanol–water partition coefficient (Wildman–Crippen LogP) is 5.46. The number of alkyl halides is 1. The van der Waals surface area contributed by atoms with Gasteiger partial charge in [-0.3, -0.25) is 9.59 Å². The van der Waals surface area contributed by atoms with E-state index in [0.717, 1.165) is 25.7 Å². The molecule has 4 heteroatoms. The van der Waals surface area contributed by atoms with Crippen molar-refractivity contribution in [3.8, 4) is 0 Å². The van der Waals surface area contributed by atoms with Gasteiger partial charge in [0, 0.05) is 24.1 Å². The van der Waals surface area contributed by atoms with Crippen LogP contribution < -0.4 is 0 Å². The van der Waals surface area contributed by atoms with Gasteiger partial charge in [0.15, 0.2) is 0 Å². The summed E-state index contributed by atoms with van der Waals surface area (Å²) in [6.45, 7) is 8.16. The number of hydrogen-bond donors (Lipinski definition) is 0. The summed E-state index contributed by atoms with van der Waals surface area (Å²) in [4.78, 5) is 24.1. The summed E-state index contributed by atoms with van der Waals surface area (Å²) in [5.41, 5.74) is 1.89. The predicted molar refractivity (Wildman–Crippen MR) is 110 cm³/mol. The van der Waals surface area contributed by atoms with Crippen LogP contribution in [0, 0.1) is 34.5 Å². The summed E-state index contributed by atoms with van der Waals surface area (Å²) in [5.74, 6) is 2.40. The van der Waals surface area contributed by atoms with Crippen molar-refractivity contribution in [2.24, 2.45) is 34.5 Å². The van der Waals surface area contributed by atoms with E-state index >= 15 is 0 Å². The topological polar surface area (TPSA) is 43.4 Å². The first-order chi connectivity index (χ1) is 12.7. The number of esters is 1. The maximum atomic E-state index is 12.3. The highest BCUT2D eigenvalue weighted by Gasteiger charge is 2.61. The van der Waals surface area contributed by atoms with E-state index in [2.05, 4.69) is 35.9 Å². The van der Waals surface area contributed by atoms with E-state index in [-0.39, 0.29) is 28.8 Å². The highest BCUT2D eigenvalue weighted by atomic mass is 79.9. The van der Waals surface area contributed by atoms with Gasteiger partial charge in [0.1, 0.15) is 11.9 Å². The fraction of sp³-hybridized carbons (Fsp3) is 0.826. The van der Waals surface area contributed by atoms with Gasteiger partial charge in [-0.1, -0.05) is 41.4 Å². The molecule has 3 nitrogen and oxygen atoms in total. The summed E-state index contributed by atoms with van der Waals surface area (Å²) >= 11 is 4.04. The second-order valence-corrected chi connectivity index (χ2v) is 11.2. The first-order valence-corrected chi connectivity index (χ1v) is 11.6. The third-order valence-corrected chi connectivity index (χ3v) is 9.74. The lowest BCUT2D eigenvalue weighted by atomic mass is 9.47. The fourth-order valence-electron chi connectivity index (χ4n) is 7.57. The zero-order valence-electron chi connectivity index (χ0n) is 17.1. The van der Waals surface area contributed by atoms with E-state index in [0.29, 0.717) is 28.4 Å². The van der Waals surface area contributed by atoms with E-state index in [1.54, 1.807) is 6.92 Å². The van der Waals surface area contributed by atoms with Crippen molar-refractivity contribution in [1.82, 2.24) is 0 Å². The van der Waals surface area contributed by atoms with Crippen molar-refractivity contribution < 1.29 is 14.3 Å². The number of hydrogen-bond acceptors (Lipinski definition) is 3. The molecule has 4 unspecified atom stereocenters. The Morgan fingerprint density at radius 1 is 1.07 bits per heavy atom. The van der Waals surface area contributed by atoms with Crippen LogP contribution in [0.4, 0.5) is 0 Å². The molecule has 3 saturated carbocycles. The van der Waals surface area contributed by atoms with Gasteiger partial charge in [0.05, 0.1) is 0 Å². The second kappa shape index (κ2) is 6.71. The minimum absolute atomic E-state index is 0.0421. The van der Waals surface area contributed by atoms with Crippen LogP contribution in [-0.4, -0.2) is 22.7 Å². The molecule has 0 aromatic rings. The number of halogens is 1. The van der Waals surface area contributed by atoms with Gasteiger partial charge in [0.2, 0.25) is 0 Å². The highest BCUT2D eigenvalue weighted by molar-refractivity contribution is 9.09. The molecule has 0 radical (unpaired) electrons. The molecule has 4 rings (SSSR count). The molecular formula is C23H33BrO3. The Balaban J connectivity index is 1.64. The fourth-order valence-corrected chi connectivity index (χ4v) is 8.63. The molecule has 27 heavy (non-hydrogen) atoms. The molecule has 0 aromatic heterocycles. The minimum atomic E-state index is -0.164. The molecule has 0 N–H and O–H groups in total. The standard InChI is InChI=1S/C23H33BrO3/c1-13(25)17-5-6-18-21-19(8-10-23(17,18)4)22(3)9-7-16(27-14(2)26)11-15(22)12-20(21)24/h12,16-21H,5-11H2,1-4H3/t16-,17?,18?,19?,20-,21?,22-,23+/m0/s1. The number of allylic oxidation sites excluding steroid dienone is 1. The summed E-state index contributed by atoms with van der Waals surface area (Å²) < 4.78 is 5.55. The van der Waals surface area contributed by atoms with E-state index in [1.165, 1.54) is 31.8 Å². The van der Waals surface area contributed by atoms with Crippen LogP contribution in [0.25, 0.3) is 0 Å². The van der Waals surface area contributed by atoms with E-state index in [9.17, 15) is 9.59 Å². The van der Waals surface area contributed by atoms with Gasteiger partial charge >= 0.3 is 5.97 Å². The summed E-state index contributed by atoms with van der Waals surface area (Å²) in [7, 11) is 0. The SMILES string of the molecule is CC(=O)O[C@H]1CC[C@@]2(C)C(=C[C@H](Br)C3C4CCC(C(C)=O)[C@@]4(C)CCC32)C1. The molecule has 0 bridgehead atoms. The van der Waals surface area contributed by atoms with Crippen LogP contribution in [0.15, 0.2) is 11.6 Å². The molecule has 3 fully saturated rings. The Morgan fingerprint density at radius 2 is 1.81 bits per heavy atom. The van der Waals surface area contributed by atoms with Crippen molar-refractivity contribution in [1.29, 1.82) is 0 Å². The molecule has 4 aliphatic rings. The van der Waals surface area contributed by atoms with Gasteiger partial charge in [-0.25, -0.2) is 0 Å². The van der Waals surface area contributed by atoms with E-state index in [1.807, 2.05) is 0 Å². The molecule has 8 atom stereocenters. The van der Waals surface area contributed by atoms with Crippen molar-refractivity contribution in [2.45, 2.75) is 83.6 Å². The van der Waals surface area contributed by atoms with E-state index in [4.69, 9.17) is 4.74 Å². The largest absolute Gasteiger partial charge is 0.462 e. The number of rotatable bonds is 2. The first kappa shape index (κ1) is 19.7. The molecule has 0 aliphatic heterocycles. The molecule has 0 amide bonds. The Morgan fingerprint density at radius 3 is 2.48 bits per heavy atom. The number of ether oxygens (including phenoxy) is 1. The lowest BCUT2D eigenvalue weighted by molar-refractivity contribution is -0.149. The highest BCUT2D eigenvalue weighted by Crippen LogP contribution is 2.67. The van der Waals surface area contributed by atoms with Crippen molar-refractivity contribution in [2.75, 3.05) is 0 Å². The molecular weight excluding hydrogens is 404 g/mol. The molecule has 150 valence electrons. The first-order valence-electron chi connectivity index (χ1n) is 10.7. The van der Waals surface area contributed by atoms with Crippen LogP contribution in [0.2, 0.25) is 0 Å². The number of fused-ring (bicyclic) bond motifs is 5. The lowest BCUT2D eigenvalue weighted by Crippen LogP contribution is -2.54. The Kier molecular flexibility index (Phi) is 4.89. The third kappa shape index (κ3) is 2.96. The molecule has 0 saturated heterocycles. The molecule has 0 heterocycles. The summed E-state index contributed by atoms with van der Waals surface area (Å²) in [5, 5.41) is 0. The van der Waals surface area contributed by atoms with Crippen molar-refractivity contribution >= 4 is 27.7 Å². The van der Waals surface area contributed by atoms with Crippen molar-refractivity contribution in [3.63, 3.8) is 0 Å². The molecule has 0 aromatic carbocycles. The normalized spacial score (nSPS) is 48.7. The number of carbonyl (C=O) groups excluding carboxylic acids is 2. The summed E-state index contributed by atoms with van der Waals surface area (Å²) in [6, 6.07) is 0. The maximum absolute atomic E-state index is 12.3. The van der Waals surface area contributed by atoms with Gasteiger partial charge in [-0.2, -0.15) is 0 Å². The van der Waals surface area contributed by atoms with Gasteiger partial charge in [-0.05, 0) is 74.0 Å². The van der Waals surface area contributed by atoms with E-state index < -0.39 is 0 Å². The Bertz CT molecular complexity index is 685. The van der Waals surface area contributed by atoms with Crippen LogP contribution >= 0.6 is 15.9 Å². The average Bonchev–Trinajstić information content (AvgIpc) is 2.93. The van der Waals surface area contributed by atoms with Crippen molar-refractivity contribution in [3.05, 3.63) is 11.6 Å². The number of carbonyl (C=O) groups is 2. The Labute approximate surface area is 171 Å². The van der Waals surface area contributed by atoms with Gasteiger partial charge in [0.25, 0.3) is 0 Å². The Hall–Kier alpha value is -0.640. The molecule has 4 aliphatic carbocycles. The van der Waals surface area contributed by atoms with Crippen LogP contribution in [0.5, 0.6) is 0 Å². The summed E-state index contributed by atoms with van der Waals surface area (Å²) in [6.07, 6.45) is 10.1. The zero-order chi connectivity index (χ0) is 19.6. The van der Waals surface area contributed by atoms with Crippen LogP contribution in [0.1, 0.15) is 72.6 Å². The molecule has 0 spiro atoms. The average molecular weight is 437 g/mol. The lowest BCUT2D eigenvalue weighted by Gasteiger charge is -2.59. The second-order valence-electron chi connectivity index (χ2n) is 10.1. The maximum Gasteiger partial charge on any atom is 0.302 e. The smallest absolute Gasteiger partial charge is 0.302 e. The van der Waals surface area contributed by atoms with Crippen LogP contribution in [0.3, 0.4) is 0 Å². The van der Waals surface area contributed by atoms with Crippen LogP contribution in [-0.2, 0) is 14.3 Å². The van der Waals surface area contributed by atoms with Gasteiger partial charge in [-0.15, -0.1) is 0 Å². The monoisotopic (exact) mass is 436 g/mol. The number of ketones is 1. The quantitative estimate of drug-likeness (QED) is 0.327. The van der Waals surface area contributed by atoms with Gasteiger partial charge < -0.3 is 4.74 Å². The zero-order valence-corrected chi connectivity index (χ0v) is 18.7. The third-order valence-electron chi connectivity index (χ3n) is 8.87.